The molecule has 0 saturated heterocycles. The fourth-order valence-electron chi connectivity index (χ4n) is 2.94. The smallest absolute Gasteiger partial charge is 0.411 e. The minimum absolute atomic E-state index is 0.0434. The SMILES string of the molecule is O=C(Nc1cccc(C(F)(F)F)c1)C(Sc1nnc(-c2ccccc2)o1)c1ccccc1. The second-order valence-electron chi connectivity index (χ2n) is 6.72. The molecule has 0 aliphatic heterocycles. The molecular weight excluding hydrogens is 439 g/mol. The van der Waals surface area contributed by atoms with Crippen molar-refractivity contribution in [1.82, 2.24) is 10.2 Å². The Bertz CT molecular complexity index is 1200. The fourth-order valence-corrected chi connectivity index (χ4v) is 3.81. The first-order valence-electron chi connectivity index (χ1n) is 9.49. The molecule has 1 N–H and O–H groups in total. The molecule has 4 aromatic rings. The largest absolute Gasteiger partial charge is 0.416 e. The number of aromatic nitrogens is 2. The van der Waals surface area contributed by atoms with Crippen LogP contribution in [0.4, 0.5) is 18.9 Å². The zero-order valence-electron chi connectivity index (χ0n) is 16.4. The van der Waals surface area contributed by atoms with E-state index in [0.29, 0.717) is 11.5 Å². The van der Waals surface area contributed by atoms with Crippen molar-refractivity contribution in [3.63, 3.8) is 0 Å². The van der Waals surface area contributed by atoms with Gasteiger partial charge in [-0.3, -0.25) is 4.79 Å². The number of hydrogen-bond donors (Lipinski definition) is 1. The van der Waals surface area contributed by atoms with Crippen LogP contribution in [-0.4, -0.2) is 16.1 Å². The van der Waals surface area contributed by atoms with Crippen molar-refractivity contribution >= 4 is 23.4 Å². The van der Waals surface area contributed by atoms with Crippen LogP contribution in [0.3, 0.4) is 0 Å². The van der Waals surface area contributed by atoms with E-state index in [1.54, 1.807) is 30.3 Å². The number of nitrogens with zero attached hydrogens (tertiary/aromatic N) is 2. The van der Waals surface area contributed by atoms with Gasteiger partial charge in [-0.05, 0) is 47.7 Å². The summed E-state index contributed by atoms with van der Waals surface area (Å²) in [5.41, 5.74) is 0.573. The summed E-state index contributed by atoms with van der Waals surface area (Å²) >= 11 is 1.02. The summed E-state index contributed by atoms with van der Waals surface area (Å²) in [4.78, 5) is 13.1. The summed E-state index contributed by atoms with van der Waals surface area (Å²) in [5, 5.41) is 9.93. The third-order valence-electron chi connectivity index (χ3n) is 4.44. The van der Waals surface area contributed by atoms with E-state index in [9.17, 15) is 18.0 Å². The maximum Gasteiger partial charge on any atom is 0.416 e. The molecular formula is C23H16F3N3O2S. The Morgan fingerprint density at radius 2 is 1.59 bits per heavy atom. The normalized spacial score (nSPS) is 12.3. The number of carbonyl (C=O) groups is 1. The van der Waals surface area contributed by atoms with Gasteiger partial charge < -0.3 is 9.73 Å². The highest BCUT2D eigenvalue weighted by Crippen LogP contribution is 2.37. The molecule has 162 valence electrons. The van der Waals surface area contributed by atoms with Gasteiger partial charge in [0.15, 0.2) is 0 Å². The van der Waals surface area contributed by atoms with E-state index in [-0.39, 0.29) is 10.9 Å². The van der Waals surface area contributed by atoms with E-state index >= 15 is 0 Å². The molecule has 32 heavy (non-hydrogen) atoms. The van der Waals surface area contributed by atoms with Gasteiger partial charge in [0.05, 0.1) is 5.56 Å². The standard InChI is InChI=1S/C23H16F3N3O2S/c24-23(25,26)17-12-7-13-18(14-17)27-20(30)19(15-8-3-1-4-9-15)32-22-29-28-21(31-22)16-10-5-2-6-11-16/h1-14,19H,(H,27,30). The zero-order valence-corrected chi connectivity index (χ0v) is 17.2. The van der Waals surface area contributed by atoms with Gasteiger partial charge >= 0.3 is 6.18 Å². The van der Waals surface area contributed by atoms with Crippen molar-refractivity contribution in [1.29, 1.82) is 0 Å². The molecule has 0 fully saturated rings. The predicted molar refractivity (Wildman–Crippen MR) is 115 cm³/mol. The molecule has 9 heteroatoms. The lowest BCUT2D eigenvalue weighted by molar-refractivity contribution is -0.137. The van der Waals surface area contributed by atoms with Crippen molar-refractivity contribution in [2.24, 2.45) is 0 Å². The number of anilines is 1. The molecule has 0 radical (unpaired) electrons. The van der Waals surface area contributed by atoms with E-state index in [1.807, 2.05) is 30.3 Å². The number of carbonyl (C=O) groups excluding carboxylic acids is 1. The molecule has 5 nitrogen and oxygen atoms in total. The lowest BCUT2D eigenvalue weighted by atomic mass is 10.1. The molecule has 1 aromatic heterocycles. The van der Waals surface area contributed by atoms with Crippen LogP contribution in [0, 0.1) is 0 Å². The number of hydrogen-bond acceptors (Lipinski definition) is 5. The Balaban J connectivity index is 1.58. The minimum atomic E-state index is -4.51. The molecule has 4 rings (SSSR count). The topological polar surface area (TPSA) is 68.0 Å². The van der Waals surface area contributed by atoms with Gasteiger partial charge in [-0.15, -0.1) is 10.2 Å². The summed E-state index contributed by atoms with van der Waals surface area (Å²) < 4.78 is 44.7. The average molecular weight is 455 g/mol. The predicted octanol–water partition coefficient (Wildman–Crippen LogP) is 6.23. The molecule has 1 atom stereocenters. The monoisotopic (exact) mass is 455 g/mol. The highest BCUT2D eigenvalue weighted by atomic mass is 32.2. The van der Waals surface area contributed by atoms with Gasteiger partial charge in [0.25, 0.3) is 5.22 Å². The number of benzene rings is 3. The van der Waals surface area contributed by atoms with E-state index in [0.717, 1.165) is 29.5 Å². The van der Waals surface area contributed by atoms with E-state index in [2.05, 4.69) is 15.5 Å². The Morgan fingerprint density at radius 3 is 2.28 bits per heavy atom. The summed E-state index contributed by atoms with van der Waals surface area (Å²) in [7, 11) is 0. The van der Waals surface area contributed by atoms with Crippen molar-refractivity contribution in [2.45, 2.75) is 16.6 Å². The third-order valence-corrected chi connectivity index (χ3v) is 5.53. The first kappa shape index (κ1) is 21.6. The zero-order chi connectivity index (χ0) is 22.6. The van der Waals surface area contributed by atoms with Crippen LogP contribution in [0.25, 0.3) is 11.5 Å². The van der Waals surface area contributed by atoms with Crippen LogP contribution in [0.2, 0.25) is 0 Å². The van der Waals surface area contributed by atoms with Crippen LogP contribution in [-0.2, 0) is 11.0 Å². The number of thioether (sulfide) groups is 1. The van der Waals surface area contributed by atoms with Gasteiger partial charge in [0.1, 0.15) is 5.25 Å². The van der Waals surface area contributed by atoms with Crippen molar-refractivity contribution in [3.05, 3.63) is 96.1 Å². The molecule has 1 amide bonds. The molecule has 1 unspecified atom stereocenters. The number of alkyl halides is 3. The molecule has 0 aliphatic rings. The van der Waals surface area contributed by atoms with Crippen LogP contribution in [0.1, 0.15) is 16.4 Å². The lowest BCUT2D eigenvalue weighted by Crippen LogP contribution is -2.19. The van der Waals surface area contributed by atoms with E-state index in [1.165, 1.54) is 12.1 Å². The number of amides is 1. The van der Waals surface area contributed by atoms with Gasteiger partial charge in [-0.1, -0.05) is 54.6 Å². The maximum atomic E-state index is 13.1. The molecule has 1 heterocycles. The molecule has 3 aromatic carbocycles. The number of rotatable bonds is 6. The van der Waals surface area contributed by atoms with Crippen LogP contribution in [0.5, 0.6) is 0 Å². The highest BCUT2D eigenvalue weighted by Gasteiger charge is 2.31. The summed E-state index contributed by atoms with van der Waals surface area (Å²) in [5.74, 6) is -0.210. The minimum Gasteiger partial charge on any atom is -0.411 e. The first-order chi connectivity index (χ1) is 15.4. The fraction of sp³-hybridized carbons (Fsp3) is 0.0870. The summed E-state index contributed by atoms with van der Waals surface area (Å²) in [6, 6.07) is 22.5. The lowest BCUT2D eigenvalue weighted by Gasteiger charge is -2.16. The average Bonchev–Trinajstić information content (AvgIpc) is 3.27. The second-order valence-corrected chi connectivity index (χ2v) is 7.77. The molecule has 0 aliphatic carbocycles. The quantitative estimate of drug-likeness (QED) is 0.349. The number of nitrogens with one attached hydrogen (secondary N) is 1. The Labute approximate surface area is 185 Å². The second kappa shape index (κ2) is 9.27. The molecule has 0 bridgehead atoms. The molecule has 0 spiro atoms. The van der Waals surface area contributed by atoms with Gasteiger partial charge in [0.2, 0.25) is 11.8 Å². The maximum absolute atomic E-state index is 13.1. The first-order valence-corrected chi connectivity index (χ1v) is 10.4. The van der Waals surface area contributed by atoms with Gasteiger partial charge in [-0.2, -0.15) is 13.2 Å². The number of halogens is 3. The van der Waals surface area contributed by atoms with Crippen molar-refractivity contribution in [3.8, 4) is 11.5 Å². The highest BCUT2D eigenvalue weighted by molar-refractivity contribution is 8.00. The van der Waals surface area contributed by atoms with Crippen molar-refractivity contribution < 1.29 is 22.4 Å². The van der Waals surface area contributed by atoms with Crippen LogP contribution in [0.15, 0.2) is 94.6 Å². The Hall–Kier alpha value is -3.59. The van der Waals surface area contributed by atoms with Gasteiger partial charge in [0, 0.05) is 11.3 Å². The van der Waals surface area contributed by atoms with Crippen LogP contribution < -0.4 is 5.32 Å². The van der Waals surface area contributed by atoms with E-state index < -0.39 is 22.9 Å². The van der Waals surface area contributed by atoms with Gasteiger partial charge in [-0.25, -0.2) is 0 Å². The molecule has 0 saturated carbocycles. The van der Waals surface area contributed by atoms with Crippen molar-refractivity contribution in [2.75, 3.05) is 5.32 Å². The van der Waals surface area contributed by atoms with E-state index in [4.69, 9.17) is 4.42 Å². The Morgan fingerprint density at radius 1 is 0.906 bits per heavy atom. The van der Waals surface area contributed by atoms with Crippen LogP contribution >= 0.6 is 11.8 Å². The third kappa shape index (κ3) is 5.17. The summed E-state index contributed by atoms with van der Waals surface area (Å²) in [6.07, 6.45) is -4.51. The summed E-state index contributed by atoms with van der Waals surface area (Å²) in [6.45, 7) is 0. The Kier molecular flexibility index (Phi) is 6.27.